The normalized spacial score (nSPS) is 21.2. The molecule has 4 aromatic carbocycles. The van der Waals surface area contributed by atoms with Gasteiger partial charge in [0, 0.05) is 23.4 Å². The Morgan fingerprint density at radius 3 is 2.33 bits per heavy atom. The van der Waals surface area contributed by atoms with Crippen molar-refractivity contribution in [2.45, 2.75) is 62.7 Å². The Kier molecular flexibility index (Phi) is 11.8. The van der Waals surface area contributed by atoms with Gasteiger partial charge in [-0.2, -0.15) is 0 Å². The van der Waals surface area contributed by atoms with Crippen LogP contribution < -0.4 is 5.32 Å². The molecule has 5 atom stereocenters. The lowest BCUT2D eigenvalue weighted by atomic mass is 9.91. The Balaban J connectivity index is 1.04. The molecule has 0 radical (unpaired) electrons. The molecular formula is C43H41N3O7S. The zero-order chi connectivity index (χ0) is 37.4. The number of hydrogen-bond acceptors (Lipinski definition) is 9. The Bertz CT molecular complexity index is 2050. The lowest BCUT2D eigenvalue weighted by Crippen LogP contribution is -2.41. The van der Waals surface area contributed by atoms with Crippen LogP contribution in [0.4, 0.5) is 4.79 Å². The first-order chi connectivity index (χ1) is 26.4. The first-order valence-electron chi connectivity index (χ1n) is 17.9. The number of rotatable bonds is 12. The molecule has 1 aromatic heterocycles. The fourth-order valence-electron chi connectivity index (χ4n) is 6.71. The van der Waals surface area contributed by atoms with E-state index < -0.39 is 24.3 Å². The van der Waals surface area contributed by atoms with E-state index in [4.69, 9.17) is 14.2 Å². The summed E-state index contributed by atoms with van der Waals surface area (Å²) in [5.41, 5.74) is 6.07. The van der Waals surface area contributed by atoms with Crippen molar-refractivity contribution >= 4 is 29.7 Å². The fourth-order valence-corrected chi connectivity index (χ4v) is 7.74. The van der Waals surface area contributed by atoms with Crippen LogP contribution in [0.3, 0.4) is 0 Å². The minimum atomic E-state index is -0.993. The number of ether oxygens (including phenoxy) is 3. The van der Waals surface area contributed by atoms with Crippen molar-refractivity contribution in [3.05, 3.63) is 155 Å². The Hall–Kier alpha value is -5.33. The lowest BCUT2D eigenvalue weighted by Gasteiger charge is -2.41. The van der Waals surface area contributed by atoms with E-state index >= 15 is 0 Å². The second kappa shape index (κ2) is 17.2. The number of carbonyl (C=O) groups excluding carboxylic acids is 3. The molecule has 0 saturated carbocycles. The van der Waals surface area contributed by atoms with Gasteiger partial charge < -0.3 is 24.6 Å². The highest BCUT2D eigenvalue weighted by atomic mass is 32.2. The molecule has 276 valence electrons. The first kappa shape index (κ1) is 37.0. The summed E-state index contributed by atoms with van der Waals surface area (Å²) in [6.45, 7) is 2.23. The molecule has 11 heteroatoms. The van der Waals surface area contributed by atoms with Crippen LogP contribution in [0.1, 0.15) is 53.6 Å². The molecular weight excluding hydrogens is 703 g/mol. The molecule has 2 N–H and O–H groups in total. The molecule has 2 fully saturated rings. The van der Waals surface area contributed by atoms with Crippen LogP contribution in [-0.4, -0.2) is 50.8 Å². The number of alkyl carbamates (subject to hydrolysis) is 1. The van der Waals surface area contributed by atoms with E-state index in [1.54, 1.807) is 18.0 Å². The monoisotopic (exact) mass is 743 g/mol. The maximum atomic E-state index is 13.3. The highest BCUT2D eigenvalue weighted by Crippen LogP contribution is 2.43. The summed E-state index contributed by atoms with van der Waals surface area (Å²) in [7, 11) is 0. The van der Waals surface area contributed by atoms with Crippen molar-refractivity contribution < 1.29 is 33.7 Å². The number of pyridine rings is 1. The summed E-state index contributed by atoms with van der Waals surface area (Å²) in [5, 5.41) is 13.1. The third-order valence-electron chi connectivity index (χ3n) is 9.75. The third-order valence-corrected chi connectivity index (χ3v) is 10.8. The largest absolute Gasteiger partial charge is 0.445 e. The molecule has 3 heterocycles. The fraction of sp³-hybridized carbons (Fsp3) is 0.256. The smallest absolute Gasteiger partial charge is 0.408 e. The topological polar surface area (TPSA) is 127 Å². The first-order valence-corrected chi connectivity index (χ1v) is 18.9. The number of carbonyl (C=O) groups is 3. The average molecular weight is 744 g/mol. The quantitative estimate of drug-likeness (QED) is 0.0995. The number of hydrogen-bond donors (Lipinski definition) is 2. The summed E-state index contributed by atoms with van der Waals surface area (Å²) in [5.74, 6) is -0.114. The number of imide groups is 1. The van der Waals surface area contributed by atoms with E-state index in [0.717, 1.165) is 44.0 Å². The maximum absolute atomic E-state index is 13.3. The van der Waals surface area contributed by atoms with Crippen LogP contribution in [0.5, 0.6) is 0 Å². The SMILES string of the molecule is CC1C(CSc2ccccn2)OC(c2ccc(-c3ccccc3CN3C(=O)CC(NC(=O)OCc4ccccc4)C3=O)cc2)OC1c1ccc(CO)cc1. The van der Waals surface area contributed by atoms with E-state index in [-0.39, 0.29) is 50.2 Å². The predicted molar refractivity (Wildman–Crippen MR) is 204 cm³/mol. The highest BCUT2D eigenvalue weighted by molar-refractivity contribution is 7.99. The van der Waals surface area contributed by atoms with E-state index in [1.807, 2.05) is 121 Å². The van der Waals surface area contributed by atoms with Gasteiger partial charge in [0.2, 0.25) is 5.91 Å². The molecule has 54 heavy (non-hydrogen) atoms. The standard InChI is InChI=1S/C43H41N3O7S/c1-28-37(27-54-38-13-7-8-22-44-38)52-42(53-40(28)32-16-14-29(25-47)15-17-32)33-20-18-31(19-21-33)35-12-6-5-11-34(35)24-46-39(48)23-36(41(46)49)45-43(50)51-26-30-9-3-2-4-10-30/h2-22,28,36-37,40,42,47H,23-27H2,1H3,(H,45,50). The maximum Gasteiger partial charge on any atom is 0.408 e. The minimum Gasteiger partial charge on any atom is -0.445 e. The van der Waals surface area contributed by atoms with Gasteiger partial charge in [-0.15, -0.1) is 11.8 Å². The number of nitrogens with one attached hydrogen (secondary N) is 1. The summed E-state index contributed by atoms with van der Waals surface area (Å²) >= 11 is 1.65. The molecule has 0 bridgehead atoms. The van der Waals surface area contributed by atoms with Crippen LogP contribution in [0.25, 0.3) is 11.1 Å². The number of aliphatic hydroxyl groups excluding tert-OH is 1. The number of benzene rings is 4. The van der Waals surface area contributed by atoms with Crippen LogP contribution in [0, 0.1) is 5.92 Å². The molecule has 10 nitrogen and oxygen atoms in total. The number of thioether (sulfide) groups is 1. The van der Waals surface area contributed by atoms with Crippen LogP contribution in [-0.2, 0) is 43.6 Å². The van der Waals surface area contributed by atoms with Gasteiger partial charge in [0.05, 0.1) is 36.8 Å². The molecule has 0 aliphatic carbocycles. The van der Waals surface area contributed by atoms with Crippen molar-refractivity contribution in [2.24, 2.45) is 5.92 Å². The number of aliphatic hydroxyl groups is 1. The van der Waals surface area contributed by atoms with Gasteiger partial charge in [0.25, 0.3) is 5.91 Å². The second-order valence-corrected chi connectivity index (χ2v) is 14.4. The van der Waals surface area contributed by atoms with E-state index in [1.165, 1.54) is 4.90 Å². The van der Waals surface area contributed by atoms with Gasteiger partial charge in [0.15, 0.2) is 6.29 Å². The van der Waals surface area contributed by atoms with E-state index in [0.29, 0.717) is 5.75 Å². The number of likely N-dealkylation sites (tertiary alicyclic amines) is 1. The van der Waals surface area contributed by atoms with Gasteiger partial charge in [-0.3, -0.25) is 14.5 Å². The number of nitrogens with zero attached hydrogens (tertiary/aromatic N) is 2. The van der Waals surface area contributed by atoms with E-state index in [2.05, 4.69) is 17.2 Å². The second-order valence-electron chi connectivity index (χ2n) is 13.4. The predicted octanol–water partition coefficient (Wildman–Crippen LogP) is 7.38. The average Bonchev–Trinajstić information content (AvgIpc) is 3.47. The molecule has 3 amide bonds. The Morgan fingerprint density at radius 1 is 0.870 bits per heavy atom. The Morgan fingerprint density at radius 2 is 1.59 bits per heavy atom. The van der Waals surface area contributed by atoms with Crippen LogP contribution >= 0.6 is 11.8 Å². The molecule has 0 spiro atoms. The van der Waals surface area contributed by atoms with Gasteiger partial charge in [-0.25, -0.2) is 9.78 Å². The van der Waals surface area contributed by atoms with Crippen molar-refractivity contribution in [1.29, 1.82) is 0 Å². The van der Waals surface area contributed by atoms with Gasteiger partial charge in [-0.05, 0) is 45.5 Å². The van der Waals surface area contributed by atoms with Crippen LogP contribution in [0.15, 0.2) is 133 Å². The minimum absolute atomic E-state index is 0.0275. The zero-order valence-corrected chi connectivity index (χ0v) is 30.6. The summed E-state index contributed by atoms with van der Waals surface area (Å²) < 4.78 is 18.6. The van der Waals surface area contributed by atoms with Crippen LogP contribution in [0.2, 0.25) is 0 Å². The summed E-state index contributed by atoms with van der Waals surface area (Å²) in [4.78, 5) is 44.5. The highest BCUT2D eigenvalue weighted by Gasteiger charge is 2.40. The van der Waals surface area contributed by atoms with E-state index in [9.17, 15) is 19.5 Å². The van der Waals surface area contributed by atoms with Crippen molar-refractivity contribution in [2.75, 3.05) is 5.75 Å². The summed E-state index contributed by atoms with van der Waals surface area (Å²) in [6, 6.07) is 37.5. The molecule has 5 unspecified atom stereocenters. The molecule has 2 saturated heterocycles. The van der Waals surface area contributed by atoms with Crippen molar-refractivity contribution in [3.63, 3.8) is 0 Å². The van der Waals surface area contributed by atoms with Gasteiger partial charge >= 0.3 is 6.09 Å². The third kappa shape index (κ3) is 8.72. The summed E-state index contributed by atoms with van der Waals surface area (Å²) in [6.07, 6.45) is -0.122. The van der Waals surface area contributed by atoms with Gasteiger partial charge in [0.1, 0.15) is 12.6 Å². The van der Waals surface area contributed by atoms with Crippen molar-refractivity contribution in [1.82, 2.24) is 15.2 Å². The van der Waals surface area contributed by atoms with Crippen molar-refractivity contribution in [3.8, 4) is 11.1 Å². The van der Waals surface area contributed by atoms with Gasteiger partial charge in [-0.1, -0.05) is 116 Å². The zero-order valence-electron chi connectivity index (χ0n) is 29.7. The lowest BCUT2D eigenvalue weighted by molar-refractivity contribution is -0.268. The molecule has 2 aliphatic rings. The Labute approximate surface area is 318 Å². The molecule has 7 rings (SSSR count). The molecule has 2 aliphatic heterocycles. The number of amides is 3. The number of aromatic nitrogens is 1. The molecule has 5 aromatic rings.